The number of benzene rings is 1. The van der Waals surface area contributed by atoms with E-state index in [1.807, 2.05) is 24.0 Å². The van der Waals surface area contributed by atoms with E-state index in [9.17, 15) is 9.18 Å². The Kier molecular flexibility index (Phi) is 5.27. The lowest BCUT2D eigenvalue weighted by Gasteiger charge is -2.41. The lowest BCUT2D eigenvalue weighted by atomic mass is 10.1. The summed E-state index contributed by atoms with van der Waals surface area (Å²) in [6.45, 7) is 3.61. The van der Waals surface area contributed by atoms with Crippen molar-refractivity contribution in [2.75, 3.05) is 31.6 Å². The molecule has 1 fully saturated rings. The first kappa shape index (κ1) is 19.4. The molecule has 3 heterocycles. The van der Waals surface area contributed by atoms with Gasteiger partial charge >= 0.3 is 0 Å². The first-order valence-corrected chi connectivity index (χ1v) is 9.69. The number of carbonyl (C=O) groups excluding carboxylic acids is 1. The summed E-state index contributed by atoms with van der Waals surface area (Å²) >= 11 is 5.99. The number of nitrogens with zero attached hydrogens (tertiary/aromatic N) is 5. The van der Waals surface area contributed by atoms with Crippen LogP contribution in [0.4, 0.5) is 10.1 Å². The Morgan fingerprint density at radius 2 is 2.17 bits per heavy atom. The third-order valence-electron chi connectivity index (χ3n) is 5.13. The Hall–Kier alpha value is -2.87. The molecular weight excluding hydrogens is 397 g/mol. The molecule has 0 aliphatic carbocycles. The molecule has 1 saturated heterocycles. The normalized spacial score (nSPS) is 17.0. The molecule has 4 rings (SSSR count). The van der Waals surface area contributed by atoms with Crippen LogP contribution in [-0.2, 0) is 11.3 Å². The third-order valence-corrected chi connectivity index (χ3v) is 5.43. The molecule has 7 nitrogen and oxygen atoms in total. The minimum Gasteiger partial charge on any atom is -0.495 e. The lowest BCUT2D eigenvalue weighted by Crippen LogP contribution is -2.55. The summed E-state index contributed by atoms with van der Waals surface area (Å²) in [7, 11) is 1.50. The van der Waals surface area contributed by atoms with Gasteiger partial charge in [-0.25, -0.2) is 4.39 Å². The van der Waals surface area contributed by atoms with Crippen LogP contribution >= 0.6 is 11.6 Å². The van der Waals surface area contributed by atoms with Crippen molar-refractivity contribution in [3.8, 4) is 5.75 Å². The van der Waals surface area contributed by atoms with Gasteiger partial charge in [-0.2, -0.15) is 5.10 Å². The third kappa shape index (κ3) is 3.85. The maximum atomic E-state index is 14.4. The van der Waals surface area contributed by atoms with Crippen molar-refractivity contribution < 1.29 is 13.9 Å². The van der Waals surface area contributed by atoms with E-state index >= 15 is 0 Å². The maximum Gasteiger partial charge on any atom is 0.244 e. The average molecular weight is 418 g/mol. The fourth-order valence-corrected chi connectivity index (χ4v) is 3.90. The van der Waals surface area contributed by atoms with Crippen molar-refractivity contribution in [3.63, 3.8) is 0 Å². The molecule has 1 unspecified atom stereocenters. The van der Waals surface area contributed by atoms with E-state index in [0.29, 0.717) is 31.1 Å². The monoisotopic (exact) mass is 417 g/mol. The van der Waals surface area contributed by atoms with Crippen molar-refractivity contribution in [2.24, 2.45) is 0 Å². The van der Waals surface area contributed by atoms with E-state index in [0.717, 1.165) is 11.0 Å². The summed E-state index contributed by atoms with van der Waals surface area (Å²) in [6, 6.07) is 6.45. The van der Waals surface area contributed by atoms with Crippen molar-refractivity contribution >= 4 is 34.2 Å². The van der Waals surface area contributed by atoms with Gasteiger partial charge in [0.1, 0.15) is 29.1 Å². The van der Waals surface area contributed by atoms with Gasteiger partial charge in [0.15, 0.2) is 0 Å². The fraction of sp³-hybridized carbons (Fsp3) is 0.350. The quantitative estimate of drug-likeness (QED) is 0.653. The summed E-state index contributed by atoms with van der Waals surface area (Å²) in [6.07, 6.45) is 3.46. The number of methoxy groups -OCH3 is 1. The Labute approximate surface area is 172 Å². The van der Waals surface area contributed by atoms with Gasteiger partial charge in [-0.15, -0.1) is 0 Å². The zero-order valence-electron chi connectivity index (χ0n) is 16.2. The number of halogens is 2. The lowest BCUT2D eigenvalue weighted by molar-refractivity contribution is -0.134. The first-order chi connectivity index (χ1) is 14.0. The van der Waals surface area contributed by atoms with Crippen LogP contribution in [0.25, 0.3) is 11.0 Å². The second-order valence-electron chi connectivity index (χ2n) is 7.05. The van der Waals surface area contributed by atoms with Gasteiger partial charge in [-0.3, -0.25) is 14.5 Å². The van der Waals surface area contributed by atoms with E-state index in [4.69, 9.17) is 16.3 Å². The number of piperazine rings is 1. The van der Waals surface area contributed by atoms with Crippen molar-refractivity contribution in [1.29, 1.82) is 0 Å². The standard InChI is InChI=1S/C20H21ClFN5O2/c1-13-10-25(18-9-19(29-2)14(21)8-15(18)22)6-7-27(13)20(28)12-26-11-17-16(24-26)4-3-5-23-17/h3-5,8-9,11,13H,6-7,10,12H2,1-2H3. The molecule has 0 saturated carbocycles. The van der Waals surface area contributed by atoms with Gasteiger partial charge < -0.3 is 14.5 Å². The first-order valence-electron chi connectivity index (χ1n) is 9.32. The van der Waals surface area contributed by atoms with Crippen molar-refractivity contribution in [3.05, 3.63) is 47.5 Å². The van der Waals surface area contributed by atoms with Crippen LogP contribution in [0, 0.1) is 5.82 Å². The molecular formula is C20H21ClFN5O2. The number of fused-ring (bicyclic) bond motifs is 1. The van der Waals surface area contributed by atoms with Gasteiger partial charge in [0.25, 0.3) is 0 Å². The van der Waals surface area contributed by atoms with Gasteiger partial charge in [0.05, 0.1) is 24.0 Å². The molecule has 0 bridgehead atoms. The number of pyridine rings is 1. The smallest absolute Gasteiger partial charge is 0.244 e. The molecule has 1 aliphatic heterocycles. The van der Waals surface area contributed by atoms with Gasteiger partial charge in [0, 0.05) is 37.9 Å². The minimum absolute atomic E-state index is 0.0286. The van der Waals surface area contributed by atoms with Crippen LogP contribution in [0.15, 0.2) is 36.7 Å². The molecule has 0 radical (unpaired) electrons. The number of rotatable bonds is 4. The minimum atomic E-state index is -0.404. The summed E-state index contributed by atoms with van der Waals surface area (Å²) in [4.78, 5) is 20.8. The maximum absolute atomic E-state index is 14.4. The number of hydrogen-bond acceptors (Lipinski definition) is 5. The second-order valence-corrected chi connectivity index (χ2v) is 7.46. The Morgan fingerprint density at radius 3 is 2.90 bits per heavy atom. The zero-order valence-corrected chi connectivity index (χ0v) is 16.9. The predicted octanol–water partition coefficient (Wildman–Crippen LogP) is 2.97. The summed E-state index contributed by atoms with van der Waals surface area (Å²) in [5, 5.41) is 4.63. The molecule has 1 atom stereocenters. The molecule has 0 N–H and O–H groups in total. The van der Waals surface area contributed by atoms with Crippen molar-refractivity contribution in [2.45, 2.75) is 19.5 Å². The highest BCUT2D eigenvalue weighted by Crippen LogP contribution is 2.33. The SMILES string of the molecule is COc1cc(N2CCN(C(=O)Cn3cc4ncccc4n3)C(C)C2)c(F)cc1Cl. The topological polar surface area (TPSA) is 63.5 Å². The number of anilines is 1. The Balaban J connectivity index is 1.45. The summed E-state index contributed by atoms with van der Waals surface area (Å²) in [5.41, 5.74) is 1.94. The molecule has 1 aromatic carbocycles. The number of ether oxygens (including phenoxy) is 1. The van der Waals surface area contributed by atoms with E-state index in [-0.39, 0.29) is 23.5 Å². The van der Waals surface area contributed by atoms with Gasteiger partial charge in [0.2, 0.25) is 5.91 Å². The van der Waals surface area contributed by atoms with Crippen LogP contribution in [0.1, 0.15) is 6.92 Å². The molecule has 2 aromatic heterocycles. The highest BCUT2D eigenvalue weighted by atomic mass is 35.5. The van der Waals surface area contributed by atoms with Crippen LogP contribution in [-0.4, -0.2) is 58.4 Å². The number of carbonyl (C=O) groups is 1. The van der Waals surface area contributed by atoms with Crippen molar-refractivity contribution in [1.82, 2.24) is 19.7 Å². The second kappa shape index (κ2) is 7.87. The van der Waals surface area contributed by atoms with E-state index in [2.05, 4.69) is 10.1 Å². The van der Waals surface area contributed by atoms with Crippen LogP contribution in [0.3, 0.4) is 0 Å². The number of amides is 1. The van der Waals surface area contributed by atoms with E-state index in [1.54, 1.807) is 28.0 Å². The largest absolute Gasteiger partial charge is 0.495 e. The molecule has 9 heteroatoms. The zero-order chi connectivity index (χ0) is 20.5. The van der Waals surface area contributed by atoms with Crippen LogP contribution < -0.4 is 9.64 Å². The molecule has 29 heavy (non-hydrogen) atoms. The molecule has 1 amide bonds. The van der Waals surface area contributed by atoms with E-state index < -0.39 is 5.82 Å². The van der Waals surface area contributed by atoms with Crippen LogP contribution in [0.2, 0.25) is 5.02 Å². The van der Waals surface area contributed by atoms with E-state index in [1.165, 1.54) is 13.2 Å². The fourth-order valence-electron chi connectivity index (χ4n) is 3.68. The molecule has 3 aromatic rings. The Bertz CT molecular complexity index is 1020. The number of aromatic nitrogens is 3. The molecule has 1 aliphatic rings. The van der Waals surface area contributed by atoms with Gasteiger partial charge in [-0.05, 0) is 25.1 Å². The average Bonchev–Trinajstić information content (AvgIpc) is 3.10. The van der Waals surface area contributed by atoms with Crippen LogP contribution in [0.5, 0.6) is 5.75 Å². The predicted molar refractivity (Wildman–Crippen MR) is 109 cm³/mol. The highest BCUT2D eigenvalue weighted by Gasteiger charge is 2.29. The molecule has 152 valence electrons. The molecule has 0 spiro atoms. The van der Waals surface area contributed by atoms with Gasteiger partial charge in [-0.1, -0.05) is 11.6 Å². The number of hydrogen-bond donors (Lipinski definition) is 0. The Morgan fingerprint density at radius 1 is 1.34 bits per heavy atom. The highest BCUT2D eigenvalue weighted by molar-refractivity contribution is 6.32. The summed E-state index contributed by atoms with van der Waals surface area (Å²) < 4.78 is 21.3. The summed E-state index contributed by atoms with van der Waals surface area (Å²) in [5.74, 6) is -0.00814.